The fourth-order valence-corrected chi connectivity index (χ4v) is 4.71. The van der Waals surface area contributed by atoms with Gasteiger partial charge in [-0.15, -0.1) is 0 Å². The summed E-state index contributed by atoms with van der Waals surface area (Å²) in [5, 5.41) is 0. The molecule has 0 aliphatic carbocycles. The van der Waals surface area contributed by atoms with Gasteiger partial charge in [0.05, 0.1) is 5.69 Å². The molecule has 0 amide bonds. The molecule has 0 unspecified atom stereocenters. The monoisotopic (exact) mass is 391 g/mol. The van der Waals surface area contributed by atoms with E-state index in [1.165, 1.54) is 18.5 Å². The highest BCUT2D eigenvalue weighted by Crippen LogP contribution is 2.36. The van der Waals surface area contributed by atoms with Crippen LogP contribution in [0.3, 0.4) is 0 Å². The van der Waals surface area contributed by atoms with Crippen molar-refractivity contribution in [3.8, 4) is 11.3 Å². The zero-order valence-corrected chi connectivity index (χ0v) is 16.0. The molecule has 2 atom stereocenters. The number of aromatic nitrogens is 3. The van der Waals surface area contributed by atoms with E-state index in [0.717, 1.165) is 49.4 Å². The van der Waals surface area contributed by atoms with Crippen LogP contribution in [0, 0.1) is 11.7 Å². The van der Waals surface area contributed by atoms with E-state index in [-0.39, 0.29) is 17.3 Å². The molecule has 5 rings (SSSR count). The van der Waals surface area contributed by atoms with Gasteiger partial charge in [0.15, 0.2) is 0 Å². The maximum Gasteiger partial charge on any atom is 0.251 e. The van der Waals surface area contributed by atoms with Crippen LogP contribution in [0.25, 0.3) is 11.3 Å². The molecule has 2 N–H and O–H groups in total. The van der Waals surface area contributed by atoms with E-state index in [1.54, 1.807) is 12.1 Å². The Morgan fingerprint density at radius 1 is 1.07 bits per heavy atom. The number of nitrogen functional groups attached to an aromatic ring is 1. The molecule has 1 fully saturated rings. The summed E-state index contributed by atoms with van der Waals surface area (Å²) >= 11 is 0. The third kappa shape index (κ3) is 3.53. The van der Waals surface area contributed by atoms with E-state index in [4.69, 9.17) is 5.73 Å². The molecule has 1 saturated heterocycles. The van der Waals surface area contributed by atoms with E-state index in [2.05, 4.69) is 20.9 Å². The third-order valence-corrected chi connectivity index (χ3v) is 5.94. The van der Waals surface area contributed by atoms with E-state index >= 15 is 0 Å². The second-order valence-corrected chi connectivity index (χ2v) is 8.07. The summed E-state index contributed by atoms with van der Waals surface area (Å²) in [6, 6.07) is 12.1. The van der Waals surface area contributed by atoms with Crippen LogP contribution < -0.4 is 11.3 Å². The Morgan fingerprint density at radius 3 is 2.69 bits per heavy atom. The molecule has 6 nitrogen and oxygen atoms in total. The van der Waals surface area contributed by atoms with Crippen LogP contribution in [0.1, 0.15) is 23.6 Å². The normalized spacial score (nSPS) is 21.0. The predicted molar refractivity (Wildman–Crippen MR) is 109 cm³/mol. The van der Waals surface area contributed by atoms with Gasteiger partial charge in [0.2, 0.25) is 0 Å². The molecule has 1 aromatic carbocycles. The van der Waals surface area contributed by atoms with Crippen LogP contribution in [0.4, 0.5) is 10.2 Å². The fourth-order valence-electron chi connectivity index (χ4n) is 4.71. The molecule has 0 radical (unpaired) electrons. The molecule has 2 aromatic heterocycles. The molecule has 148 valence electrons. The zero-order valence-electron chi connectivity index (χ0n) is 16.0. The van der Waals surface area contributed by atoms with Crippen LogP contribution in [0.2, 0.25) is 0 Å². The molecule has 2 aliphatic heterocycles. The number of hydrogen-bond donors (Lipinski definition) is 1. The first-order chi connectivity index (χ1) is 14.0. The second-order valence-electron chi connectivity index (χ2n) is 8.07. The Hall–Kier alpha value is -3.06. The van der Waals surface area contributed by atoms with Crippen LogP contribution in [-0.4, -0.2) is 32.5 Å². The van der Waals surface area contributed by atoms with Gasteiger partial charge in [0.25, 0.3) is 5.56 Å². The fraction of sp³-hybridized carbons (Fsp3) is 0.318. The van der Waals surface area contributed by atoms with E-state index in [0.29, 0.717) is 17.4 Å². The SMILES string of the molecule is Nc1cc(-c2cc3n(c(=O)c2)C[C@H]2C[C@@H]3CN(Cc3ccc(F)cc3)C2)ncn1. The number of rotatable bonds is 3. The van der Waals surface area contributed by atoms with Crippen molar-refractivity contribution in [1.82, 2.24) is 19.4 Å². The smallest absolute Gasteiger partial charge is 0.251 e. The van der Waals surface area contributed by atoms with Gasteiger partial charge in [-0.05, 0) is 36.1 Å². The minimum atomic E-state index is -0.213. The first-order valence-corrected chi connectivity index (χ1v) is 9.84. The van der Waals surface area contributed by atoms with Gasteiger partial charge < -0.3 is 10.3 Å². The van der Waals surface area contributed by atoms with Gasteiger partial charge in [-0.2, -0.15) is 0 Å². The summed E-state index contributed by atoms with van der Waals surface area (Å²) in [6.07, 6.45) is 2.50. The predicted octanol–water partition coefficient (Wildman–Crippen LogP) is 2.65. The van der Waals surface area contributed by atoms with Gasteiger partial charge >= 0.3 is 0 Å². The average Bonchev–Trinajstić information content (AvgIpc) is 2.70. The number of nitrogens with two attached hydrogens (primary N) is 1. The maximum absolute atomic E-state index is 13.2. The topological polar surface area (TPSA) is 77.0 Å². The van der Waals surface area contributed by atoms with Crippen molar-refractivity contribution in [3.05, 3.63) is 76.2 Å². The Labute approximate surface area is 167 Å². The number of hydrogen-bond acceptors (Lipinski definition) is 5. The number of likely N-dealkylation sites (tertiary alicyclic amines) is 1. The highest BCUT2D eigenvalue weighted by atomic mass is 19.1. The zero-order chi connectivity index (χ0) is 20.0. The molecule has 2 aliphatic rings. The van der Waals surface area contributed by atoms with Crippen molar-refractivity contribution in [2.24, 2.45) is 5.92 Å². The van der Waals surface area contributed by atoms with Crippen LogP contribution >= 0.6 is 0 Å². The summed E-state index contributed by atoms with van der Waals surface area (Å²) < 4.78 is 15.1. The number of nitrogens with zero attached hydrogens (tertiary/aromatic N) is 4. The van der Waals surface area contributed by atoms with Crippen molar-refractivity contribution < 1.29 is 4.39 Å². The molecule has 3 aromatic rings. The Kier molecular flexibility index (Phi) is 4.39. The Bertz CT molecular complexity index is 1110. The lowest BCUT2D eigenvalue weighted by atomic mass is 9.82. The lowest BCUT2D eigenvalue weighted by molar-refractivity contribution is 0.114. The number of anilines is 1. The van der Waals surface area contributed by atoms with Crippen LogP contribution in [0.5, 0.6) is 0 Å². The second kappa shape index (κ2) is 7.08. The molecule has 2 bridgehead atoms. The summed E-state index contributed by atoms with van der Waals surface area (Å²) in [4.78, 5) is 23.4. The van der Waals surface area contributed by atoms with E-state index < -0.39 is 0 Å². The summed E-state index contributed by atoms with van der Waals surface area (Å²) in [6.45, 7) is 3.35. The highest BCUT2D eigenvalue weighted by molar-refractivity contribution is 5.61. The molecular formula is C22H22FN5O. The number of halogens is 1. The minimum Gasteiger partial charge on any atom is -0.384 e. The Balaban J connectivity index is 1.45. The van der Waals surface area contributed by atoms with Crippen molar-refractivity contribution in [3.63, 3.8) is 0 Å². The quantitative estimate of drug-likeness (QED) is 0.743. The van der Waals surface area contributed by atoms with Gasteiger partial charge in [-0.1, -0.05) is 12.1 Å². The number of piperidine rings is 1. The van der Waals surface area contributed by atoms with Gasteiger partial charge in [0.1, 0.15) is 18.0 Å². The van der Waals surface area contributed by atoms with E-state index in [9.17, 15) is 9.18 Å². The minimum absolute atomic E-state index is 0.0105. The third-order valence-electron chi connectivity index (χ3n) is 5.94. The van der Waals surface area contributed by atoms with Gasteiger partial charge in [-0.3, -0.25) is 9.69 Å². The molecule has 29 heavy (non-hydrogen) atoms. The summed E-state index contributed by atoms with van der Waals surface area (Å²) in [5.74, 6) is 0.904. The lowest BCUT2D eigenvalue weighted by Gasteiger charge is -2.43. The molecule has 0 spiro atoms. The van der Waals surface area contributed by atoms with Crippen molar-refractivity contribution in [2.45, 2.75) is 25.4 Å². The van der Waals surface area contributed by atoms with Crippen molar-refractivity contribution >= 4 is 5.82 Å². The average molecular weight is 391 g/mol. The molecular weight excluding hydrogens is 369 g/mol. The van der Waals surface area contributed by atoms with Crippen molar-refractivity contribution in [2.75, 3.05) is 18.8 Å². The number of pyridine rings is 1. The first-order valence-electron chi connectivity index (χ1n) is 9.84. The first kappa shape index (κ1) is 18.0. The largest absolute Gasteiger partial charge is 0.384 e. The maximum atomic E-state index is 13.2. The van der Waals surface area contributed by atoms with E-state index in [1.807, 2.05) is 16.7 Å². The van der Waals surface area contributed by atoms with Crippen LogP contribution in [0.15, 0.2) is 53.6 Å². The van der Waals surface area contributed by atoms with Crippen LogP contribution in [-0.2, 0) is 13.1 Å². The van der Waals surface area contributed by atoms with Crippen molar-refractivity contribution in [1.29, 1.82) is 0 Å². The summed E-state index contributed by atoms with van der Waals surface area (Å²) in [5.41, 5.74) is 9.41. The highest BCUT2D eigenvalue weighted by Gasteiger charge is 2.34. The standard InChI is InChI=1S/C22H22FN5O/c23-18-3-1-14(2-4-18)9-27-10-15-5-17(12-27)20-6-16(7-22(29)28(20)11-15)19-8-21(24)26-13-25-19/h1-4,6-8,13,15,17H,5,9-12H2,(H2,24,25,26)/t15-,17+/m0/s1. The number of benzene rings is 1. The number of fused-ring (bicyclic) bond motifs is 4. The Morgan fingerprint density at radius 2 is 1.90 bits per heavy atom. The molecule has 4 heterocycles. The van der Waals surface area contributed by atoms with Gasteiger partial charge in [-0.25, -0.2) is 14.4 Å². The molecule has 7 heteroatoms. The lowest BCUT2D eigenvalue weighted by Crippen LogP contribution is -2.46. The van der Waals surface area contributed by atoms with Gasteiger partial charge in [0, 0.05) is 55.5 Å². The summed E-state index contributed by atoms with van der Waals surface area (Å²) in [7, 11) is 0. The molecule has 0 saturated carbocycles.